The van der Waals surface area contributed by atoms with Gasteiger partial charge in [-0.2, -0.15) is 0 Å². The lowest BCUT2D eigenvalue weighted by molar-refractivity contribution is -0.121. The lowest BCUT2D eigenvalue weighted by atomic mass is 9.96. The Bertz CT molecular complexity index is 800. The van der Waals surface area contributed by atoms with E-state index in [1.54, 1.807) is 23.9 Å². The van der Waals surface area contributed by atoms with Crippen LogP contribution in [-0.2, 0) is 11.2 Å². The topological polar surface area (TPSA) is 78.4 Å². The van der Waals surface area contributed by atoms with E-state index in [1.165, 1.54) is 16.9 Å². The molecular formula is C20H27N5O2S. The molecule has 2 heterocycles. The van der Waals surface area contributed by atoms with Crippen molar-refractivity contribution >= 4 is 28.4 Å². The fraction of sp³-hybridized carbons (Fsp3) is 0.500. The number of hydrogen-bond donors (Lipinski definition) is 1. The molecule has 1 atom stereocenters. The van der Waals surface area contributed by atoms with Gasteiger partial charge in [0.15, 0.2) is 0 Å². The minimum Gasteiger partial charge on any atom is -0.331 e. The number of benzene rings is 1. The van der Waals surface area contributed by atoms with E-state index in [1.807, 2.05) is 18.2 Å². The molecule has 0 aliphatic carbocycles. The second-order valence-corrected chi connectivity index (χ2v) is 8.51. The highest BCUT2D eigenvalue weighted by atomic mass is 32.1. The lowest BCUT2D eigenvalue weighted by Gasteiger charge is -2.32. The van der Waals surface area contributed by atoms with Crippen molar-refractivity contribution in [2.75, 3.05) is 32.5 Å². The smallest absolute Gasteiger partial charge is 0.319 e. The highest BCUT2D eigenvalue weighted by Gasteiger charge is 2.28. The SMILES string of the molecule is CC(Cc1nnc(NC(=O)C2CCN(C(=O)N(C)C)CC2)s1)c1ccccc1. The number of urea groups is 1. The number of amides is 3. The second-order valence-electron chi connectivity index (χ2n) is 7.44. The van der Waals surface area contributed by atoms with Crippen LogP contribution in [0.1, 0.15) is 36.3 Å². The van der Waals surface area contributed by atoms with Gasteiger partial charge in [0.1, 0.15) is 5.01 Å². The number of piperidine rings is 1. The molecule has 1 aromatic carbocycles. The van der Waals surface area contributed by atoms with Gasteiger partial charge in [-0.1, -0.05) is 48.6 Å². The lowest BCUT2D eigenvalue weighted by Crippen LogP contribution is -2.45. The van der Waals surface area contributed by atoms with Crippen molar-refractivity contribution in [3.8, 4) is 0 Å². The molecule has 7 nitrogen and oxygen atoms in total. The summed E-state index contributed by atoms with van der Waals surface area (Å²) < 4.78 is 0. The van der Waals surface area contributed by atoms with Gasteiger partial charge in [-0.3, -0.25) is 4.79 Å². The maximum Gasteiger partial charge on any atom is 0.319 e. The number of hydrogen-bond acceptors (Lipinski definition) is 5. The number of carbonyl (C=O) groups excluding carboxylic acids is 2. The third-order valence-electron chi connectivity index (χ3n) is 5.07. The summed E-state index contributed by atoms with van der Waals surface area (Å²) in [5, 5.41) is 12.7. The molecule has 0 spiro atoms. The van der Waals surface area contributed by atoms with Crippen LogP contribution in [-0.4, -0.2) is 59.1 Å². The number of rotatable bonds is 5. The fourth-order valence-electron chi connectivity index (χ4n) is 3.37. The molecule has 0 saturated carbocycles. The molecule has 1 aliphatic rings. The first-order valence-corrected chi connectivity index (χ1v) is 10.4. The molecule has 1 unspecified atom stereocenters. The molecule has 0 radical (unpaired) electrons. The monoisotopic (exact) mass is 401 g/mol. The maximum absolute atomic E-state index is 12.5. The Morgan fingerprint density at radius 1 is 1.21 bits per heavy atom. The van der Waals surface area contributed by atoms with Crippen molar-refractivity contribution in [3.63, 3.8) is 0 Å². The van der Waals surface area contributed by atoms with Crippen molar-refractivity contribution in [2.24, 2.45) is 5.92 Å². The average Bonchev–Trinajstić information content (AvgIpc) is 3.14. The van der Waals surface area contributed by atoms with E-state index >= 15 is 0 Å². The van der Waals surface area contributed by atoms with Crippen LogP contribution < -0.4 is 5.32 Å². The third kappa shape index (κ3) is 5.07. The van der Waals surface area contributed by atoms with E-state index in [-0.39, 0.29) is 17.9 Å². The van der Waals surface area contributed by atoms with Gasteiger partial charge in [0.05, 0.1) is 0 Å². The summed E-state index contributed by atoms with van der Waals surface area (Å²) in [6, 6.07) is 10.3. The number of nitrogens with zero attached hydrogens (tertiary/aromatic N) is 4. The van der Waals surface area contributed by atoms with Crippen molar-refractivity contribution < 1.29 is 9.59 Å². The van der Waals surface area contributed by atoms with Crippen LogP contribution >= 0.6 is 11.3 Å². The first-order chi connectivity index (χ1) is 13.4. The van der Waals surface area contributed by atoms with Crippen LogP contribution in [0.3, 0.4) is 0 Å². The Kier molecular flexibility index (Phi) is 6.61. The largest absolute Gasteiger partial charge is 0.331 e. The van der Waals surface area contributed by atoms with E-state index in [9.17, 15) is 9.59 Å². The van der Waals surface area contributed by atoms with Gasteiger partial charge in [0, 0.05) is 39.5 Å². The van der Waals surface area contributed by atoms with Gasteiger partial charge in [-0.25, -0.2) is 4.79 Å². The molecule has 1 saturated heterocycles. The van der Waals surface area contributed by atoms with Gasteiger partial charge in [-0.15, -0.1) is 10.2 Å². The van der Waals surface area contributed by atoms with E-state index in [0.29, 0.717) is 37.0 Å². The van der Waals surface area contributed by atoms with Crippen molar-refractivity contribution in [3.05, 3.63) is 40.9 Å². The Morgan fingerprint density at radius 3 is 2.54 bits per heavy atom. The zero-order valence-electron chi connectivity index (χ0n) is 16.6. The minimum absolute atomic E-state index is 0.000148. The Morgan fingerprint density at radius 2 is 1.89 bits per heavy atom. The molecule has 1 N–H and O–H groups in total. The van der Waals surface area contributed by atoms with Crippen LogP contribution in [0.15, 0.2) is 30.3 Å². The standard InChI is InChI=1S/C20H27N5O2S/c1-14(15-7-5-4-6-8-15)13-17-22-23-19(28-17)21-18(26)16-9-11-25(12-10-16)20(27)24(2)3/h4-8,14,16H,9-13H2,1-3H3,(H,21,23,26). The van der Waals surface area contributed by atoms with Crippen LogP contribution in [0.25, 0.3) is 0 Å². The molecule has 3 rings (SSSR count). The normalized spacial score (nSPS) is 15.9. The Labute approximate surface area is 169 Å². The van der Waals surface area contributed by atoms with Gasteiger partial charge in [-0.05, 0) is 24.3 Å². The highest BCUT2D eigenvalue weighted by Crippen LogP contribution is 2.25. The van der Waals surface area contributed by atoms with Gasteiger partial charge < -0.3 is 15.1 Å². The van der Waals surface area contributed by atoms with Crippen molar-refractivity contribution in [1.82, 2.24) is 20.0 Å². The predicted molar refractivity (Wildman–Crippen MR) is 110 cm³/mol. The van der Waals surface area contributed by atoms with E-state index < -0.39 is 0 Å². The van der Waals surface area contributed by atoms with E-state index in [4.69, 9.17) is 0 Å². The highest BCUT2D eigenvalue weighted by molar-refractivity contribution is 7.15. The summed E-state index contributed by atoms with van der Waals surface area (Å²) in [5.41, 5.74) is 1.27. The summed E-state index contributed by atoms with van der Waals surface area (Å²) in [7, 11) is 3.49. The first kappa shape index (κ1) is 20.3. The fourth-order valence-corrected chi connectivity index (χ4v) is 4.24. The summed E-state index contributed by atoms with van der Waals surface area (Å²) in [6.45, 7) is 3.37. The number of aromatic nitrogens is 2. The van der Waals surface area contributed by atoms with Gasteiger partial charge >= 0.3 is 6.03 Å². The van der Waals surface area contributed by atoms with Gasteiger partial charge in [0.2, 0.25) is 11.0 Å². The van der Waals surface area contributed by atoms with E-state index in [0.717, 1.165) is 11.4 Å². The summed E-state index contributed by atoms with van der Waals surface area (Å²) in [5.74, 6) is 0.217. The molecule has 1 fully saturated rings. The molecule has 8 heteroatoms. The predicted octanol–water partition coefficient (Wildman–Crippen LogP) is 3.22. The van der Waals surface area contributed by atoms with Crippen LogP contribution in [0.5, 0.6) is 0 Å². The van der Waals surface area contributed by atoms with Crippen LogP contribution in [0.2, 0.25) is 0 Å². The number of carbonyl (C=O) groups is 2. The number of nitrogens with one attached hydrogen (secondary N) is 1. The van der Waals surface area contributed by atoms with Crippen molar-refractivity contribution in [2.45, 2.75) is 32.1 Å². The summed E-state index contributed by atoms with van der Waals surface area (Å²) in [4.78, 5) is 27.9. The minimum atomic E-state index is -0.0956. The number of anilines is 1. The molecule has 0 bridgehead atoms. The summed E-state index contributed by atoms with van der Waals surface area (Å²) in [6.07, 6.45) is 2.13. The van der Waals surface area contributed by atoms with Gasteiger partial charge in [0.25, 0.3) is 0 Å². The molecule has 3 amide bonds. The molecule has 1 aliphatic heterocycles. The molecule has 28 heavy (non-hydrogen) atoms. The third-order valence-corrected chi connectivity index (χ3v) is 5.93. The zero-order valence-corrected chi connectivity index (χ0v) is 17.4. The van der Waals surface area contributed by atoms with Crippen LogP contribution in [0, 0.1) is 5.92 Å². The van der Waals surface area contributed by atoms with E-state index in [2.05, 4.69) is 34.6 Å². The molecule has 1 aromatic heterocycles. The second kappa shape index (κ2) is 9.14. The first-order valence-electron chi connectivity index (χ1n) is 9.58. The summed E-state index contributed by atoms with van der Waals surface area (Å²) >= 11 is 1.43. The average molecular weight is 402 g/mol. The molecular weight excluding hydrogens is 374 g/mol. The number of likely N-dealkylation sites (tertiary alicyclic amines) is 1. The maximum atomic E-state index is 12.5. The van der Waals surface area contributed by atoms with Crippen LogP contribution in [0.4, 0.5) is 9.93 Å². The Balaban J connectivity index is 1.50. The molecule has 150 valence electrons. The Hall–Kier alpha value is -2.48. The van der Waals surface area contributed by atoms with Crippen molar-refractivity contribution in [1.29, 1.82) is 0 Å². The zero-order chi connectivity index (χ0) is 20.1. The quantitative estimate of drug-likeness (QED) is 0.834. The molecule has 2 aromatic rings.